The van der Waals surface area contributed by atoms with Crippen LogP contribution in [0.1, 0.15) is 17.5 Å². The normalized spacial score (nSPS) is 15.6. The maximum absolute atomic E-state index is 12.9. The zero-order chi connectivity index (χ0) is 17.9. The summed E-state index contributed by atoms with van der Waals surface area (Å²) in [6.07, 6.45) is -3.56. The SMILES string of the molecule is N#Cc1cc(C(F)(F)F)ccc1N1CCCN(c2ccccc2)CC1. The van der Waals surface area contributed by atoms with Crippen LogP contribution in [0.3, 0.4) is 0 Å². The van der Waals surface area contributed by atoms with E-state index < -0.39 is 11.7 Å². The quantitative estimate of drug-likeness (QED) is 0.813. The molecule has 0 bridgehead atoms. The van der Waals surface area contributed by atoms with Gasteiger partial charge in [0.05, 0.1) is 16.8 Å². The van der Waals surface area contributed by atoms with E-state index in [1.54, 1.807) is 0 Å². The van der Waals surface area contributed by atoms with Gasteiger partial charge in [0.2, 0.25) is 0 Å². The highest BCUT2D eigenvalue weighted by Gasteiger charge is 2.31. The van der Waals surface area contributed by atoms with Crippen LogP contribution < -0.4 is 9.80 Å². The van der Waals surface area contributed by atoms with Gasteiger partial charge in [-0.2, -0.15) is 18.4 Å². The molecule has 3 nitrogen and oxygen atoms in total. The lowest BCUT2D eigenvalue weighted by Gasteiger charge is -2.25. The van der Waals surface area contributed by atoms with Crippen molar-refractivity contribution in [3.63, 3.8) is 0 Å². The highest BCUT2D eigenvalue weighted by atomic mass is 19.4. The van der Waals surface area contributed by atoms with Crippen LogP contribution in [0.5, 0.6) is 0 Å². The van der Waals surface area contributed by atoms with Crippen molar-refractivity contribution in [3.8, 4) is 6.07 Å². The first-order valence-electron chi connectivity index (χ1n) is 8.15. The van der Waals surface area contributed by atoms with Gasteiger partial charge < -0.3 is 9.80 Å². The van der Waals surface area contributed by atoms with Gasteiger partial charge in [0.1, 0.15) is 6.07 Å². The predicted molar refractivity (Wildman–Crippen MR) is 91.6 cm³/mol. The molecule has 0 aliphatic carbocycles. The van der Waals surface area contributed by atoms with Crippen molar-refractivity contribution in [2.75, 3.05) is 36.0 Å². The molecule has 1 aliphatic heterocycles. The summed E-state index contributed by atoms with van der Waals surface area (Å²) in [4.78, 5) is 4.26. The van der Waals surface area contributed by atoms with Crippen LogP contribution in [0.2, 0.25) is 0 Å². The van der Waals surface area contributed by atoms with Crippen molar-refractivity contribution in [1.29, 1.82) is 5.26 Å². The topological polar surface area (TPSA) is 30.3 Å². The van der Waals surface area contributed by atoms with Crippen LogP contribution in [-0.2, 0) is 6.18 Å². The zero-order valence-corrected chi connectivity index (χ0v) is 13.6. The number of nitrogens with zero attached hydrogens (tertiary/aromatic N) is 3. The standard InChI is InChI=1S/C19H18F3N3/c20-19(21,22)16-7-8-18(15(13-16)14-23)25-10-4-9-24(11-12-25)17-5-2-1-3-6-17/h1-3,5-8,13H,4,9-12H2. The second-order valence-corrected chi connectivity index (χ2v) is 6.00. The highest BCUT2D eigenvalue weighted by molar-refractivity contribution is 5.61. The number of halogens is 3. The number of para-hydroxylation sites is 1. The second kappa shape index (κ2) is 7.06. The molecule has 0 spiro atoms. The lowest BCUT2D eigenvalue weighted by Crippen LogP contribution is -2.31. The molecule has 1 fully saturated rings. The third-order valence-electron chi connectivity index (χ3n) is 4.40. The lowest BCUT2D eigenvalue weighted by atomic mass is 10.1. The van der Waals surface area contributed by atoms with E-state index in [-0.39, 0.29) is 5.56 Å². The number of rotatable bonds is 2. The molecule has 0 saturated carbocycles. The van der Waals surface area contributed by atoms with Gasteiger partial charge in [-0.1, -0.05) is 18.2 Å². The van der Waals surface area contributed by atoms with Crippen molar-refractivity contribution in [3.05, 3.63) is 59.7 Å². The van der Waals surface area contributed by atoms with Crippen molar-refractivity contribution < 1.29 is 13.2 Å². The molecule has 1 saturated heterocycles. The molecule has 1 aliphatic rings. The Hall–Kier alpha value is -2.68. The van der Waals surface area contributed by atoms with Crippen LogP contribution in [0, 0.1) is 11.3 Å². The molecule has 0 atom stereocenters. The third kappa shape index (κ3) is 3.87. The van der Waals surface area contributed by atoms with Crippen LogP contribution in [-0.4, -0.2) is 26.2 Å². The molecule has 0 radical (unpaired) electrons. The highest BCUT2D eigenvalue weighted by Crippen LogP contribution is 2.33. The van der Waals surface area contributed by atoms with Crippen molar-refractivity contribution in [2.24, 2.45) is 0 Å². The summed E-state index contributed by atoms with van der Waals surface area (Å²) in [5, 5.41) is 9.29. The van der Waals surface area contributed by atoms with E-state index in [0.717, 1.165) is 37.3 Å². The Morgan fingerprint density at radius 3 is 2.24 bits per heavy atom. The first-order valence-corrected chi connectivity index (χ1v) is 8.15. The number of hydrogen-bond donors (Lipinski definition) is 0. The monoisotopic (exact) mass is 345 g/mol. The number of benzene rings is 2. The molecule has 3 rings (SSSR count). The molecule has 6 heteroatoms. The summed E-state index contributed by atoms with van der Waals surface area (Å²) in [5.74, 6) is 0. The minimum Gasteiger partial charge on any atom is -0.370 e. The minimum atomic E-state index is -4.44. The fourth-order valence-corrected chi connectivity index (χ4v) is 3.13. The van der Waals surface area contributed by atoms with E-state index in [1.807, 2.05) is 29.2 Å². The smallest absolute Gasteiger partial charge is 0.370 e. The van der Waals surface area contributed by atoms with Gasteiger partial charge in [-0.05, 0) is 36.8 Å². The van der Waals surface area contributed by atoms with Crippen molar-refractivity contribution >= 4 is 11.4 Å². The van der Waals surface area contributed by atoms with Crippen LogP contribution in [0.4, 0.5) is 24.5 Å². The van der Waals surface area contributed by atoms with Gasteiger partial charge in [0.15, 0.2) is 0 Å². The van der Waals surface area contributed by atoms with Crippen LogP contribution >= 0.6 is 0 Å². The fraction of sp³-hybridized carbons (Fsp3) is 0.316. The molecule has 0 aromatic heterocycles. The molecule has 130 valence electrons. The Labute approximate surface area is 144 Å². The van der Waals surface area contributed by atoms with Crippen LogP contribution in [0.25, 0.3) is 0 Å². The Kier molecular flexibility index (Phi) is 4.84. The Morgan fingerprint density at radius 2 is 1.56 bits per heavy atom. The Bertz CT molecular complexity index is 766. The Balaban J connectivity index is 1.80. The number of alkyl halides is 3. The van der Waals surface area contributed by atoms with Gasteiger partial charge in [-0.25, -0.2) is 0 Å². The van der Waals surface area contributed by atoms with E-state index in [1.165, 1.54) is 6.07 Å². The summed E-state index contributed by atoms with van der Waals surface area (Å²) in [7, 11) is 0. The maximum Gasteiger partial charge on any atom is 0.416 e. The average molecular weight is 345 g/mol. The molecule has 0 amide bonds. The maximum atomic E-state index is 12.9. The summed E-state index contributed by atoms with van der Waals surface area (Å²) >= 11 is 0. The number of hydrogen-bond acceptors (Lipinski definition) is 3. The molecule has 2 aromatic carbocycles. The first-order chi connectivity index (χ1) is 12.0. The molecule has 0 N–H and O–H groups in total. The summed E-state index contributed by atoms with van der Waals surface area (Å²) in [6, 6.07) is 15.4. The zero-order valence-electron chi connectivity index (χ0n) is 13.6. The summed E-state index contributed by atoms with van der Waals surface area (Å²) in [5.41, 5.74) is 0.999. The summed E-state index contributed by atoms with van der Waals surface area (Å²) in [6.45, 7) is 3.01. The van der Waals surface area contributed by atoms with E-state index in [9.17, 15) is 18.4 Å². The third-order valence-corrected chi connectivity index (χ3v) is 4.40. The average Bonchev–Trinajstić information content (AvgIpc) is 2.87. The molecular formula is C19H18F3N3. The lowest BCUT2D eigenvalue weighted by molar-refractivity contribution is -0.137. The largest absolute Gasteiger partial charge is 0.416 e. The second-order valence-electron chi connectivity index (χ2n) is 6.00. The van der Waals surface area contributed by atoms with E-state index in [0.29, 0.717) is 18.8 Å². The summed E-state index contributed by atoms with van der Waals surface area (Å²) < 4.78 is 38.6. The van der Waals surface area contributed by atoms with E-state index in [4.69, 9.17) is 0 Å². The van der Waals surface area contributed by atoms with Gasteiger partial charge in [-0.15, -0.1) is 0 Å². The van der Waals surface area contributed by atoms with E-state index >= 15 is 0 Å². The molecule has 25 heavy (non-hydrogen) atoms. The van der Waals surface area contributed by atoms with Crippen LogP contribution in [0.15, 0.2) is 48.5 Å². The fourth-order valence-electron chi connectivity index (χ4n) is 3.13. The minimum absolute atomic E-state index is 0.0722. The van der Waals surface area contributed by atoms with Crippen molar-refractivity contribution in [2.45, 2.75) is 12.6 Å². The van der Waals surface area contributed by atoms with Crippen molar-refractivity contribution in [1.82, 2.24) is 0 Å². The molecule has 1 heterocycles. The van der Waals surface area contributed by atoms with E-state index in [2.05, 4.69) is 17.0 Å². The first kappa shape index (κ1) is 17.2. The molecule has 0 unspecified atom stereocenters. The Morgan fingerprint density at radius 1 is 0.880 bits per heavy atom. The molecule has 2 aromatic rings. The van der Waals surface area contributed by atoms with Gasteiger partial charge in [0.25, 0.3) is 0 Å². The number of nitriles is 1. The number of anilines is 2. The predicted octanol–water partition coefficient (Wildman–Crippen LogP) is 4.29. The van der Waals surface area contributed by atoms with Gasteiger partial charge in [0, 0.05) is 31.9 Å². The van der Waals surface area contributed by atoms with Gasteiger partial charge >= 0.3 is 6.18 Å². The molecular weight excluding hydrogens is 327 g/mol. The van der Waals surface area contributed by atoms with Gasteiger partial charge in [-0.3, -0.25) is 0 Å².